The van der Waals surface area contributed by atoms with Crippen LogP contribution in [-0.4, -0.2) is 12.0 Å². The fourth-order valence-electron chi connectivity index (χ4n) is 1.04. The smallest absolute Gasteiger partial charge is 0.295 e. The first-order valence-electron chi connectivity index (χ1n) is 4.36. The summed E-state index contributed by atoms with van der Waals surface area (Å²) < 4.78 is 48.1. The minimum absolute atomic E-state index is 0.0554. The SMILES string of the molecule is CC(=O)c1ccc(/C=C(/F)C(F)(F)F)cc1. The fourth-order valence-corrected chi connectivity index (χ4v) is 1.04. The highest BCUT2D eigenvalue weighted by molar-refractivity contribution is 5.94. The van der Waals surface area contributed by atoms with Crippen molar-refractivity contribution in [2.45, 2.75) is 13.1 Å². The van der Waals surface area contributed by atoms with Gasteiger partial charge in [-0.1, -0.05) is 24.3 Å². The van der Waals surface area contributed by atoms with Gasteiger partial charge in [0.15, 0.2) is 5.78 Å². The Morgan fingerprint density at radius 2 is 1.69 bits per heavy atom. The number of hydrogen-bond donors (Lipinski definition) is 0. The van der Waals surface area contributed by atoms with E-state index < -0.39 is 12.0 Å². The monoisotopic (exact) mass is 232 g/mol. The average molecular weight is 232 g/mol. The van der Waals surface area contributed by atoms with Crippen LogP contribution in [0.5, 0.6) is 0 Å². The third kappa shape index (κ3) is 3.18. The number of rotatable bonds is 2. The van der Waals surface area contributed by atoms with E-state index >= 15 is 0 Å². The van der Waals surface area contributed by atoms with Crippen molar-refractivity contribution in [2.24, 2.45) is 0 Å². The van der Waals surface area contributed by atoms with Gasteiger partial charge in [0.2, 0.25) is 5.83 Å². The van der Waals surface area contributed by atoms with Crippen molar-refractivity contribution in [3.8, 4) is 0 Å². The van der Waals surface area contributed by atoms with Crippen LogP contribution in [0.1, 0.15) is 22.8 Å². The van der Waals surface area contributed by atoms with E-state index in [1.807, 2.05) is 0 Å². The highest BCUT2D eigenvalue weighted by Gasteiger charge is 2.34. The molecule has 0 atom stereocenters. The van der Waals surface area contributed by atoms with Gasteiger partial charge in [0.1, 0.15) is 0 Å². The Labute approximate surface area is 89.4 Å². The van der Waals surface area contributed by atoms with E-state index in [1.165, 1.54) is 31.2 Å². The predicted molar refractivity (Wildman–Crippen MR) is 51.6 cm³/mol. The van der Waals surface area contributed by atoms with Gasteiger partial charge >= 0.3 is 6.18 Å². The van der Waals surface area contributed by atoms with Crippen molar-refractivity contribution in [1.29, 1.82) is 0 Å². The number of benzene rings is 1. The van der Waals surface area contributed by atoms with Gasteiger partial charge in [-0.05, 0) is 18.6 Å². The highest BCUT2D eigenvalue weighted by atomic mass is 19.4. The topological polar surface area (TPSA) is 17.1 Å². The maximum absolute atomic E-state index is 12.5. The molecular weight excluding hydrogens is 224 g/mol. The first kappa shape index (κ1) is 12.4. The second-order valence-corrected chi connectivity index (χ2v) is 3.17. The molecule has 0 unspecified atom stereocenters. The summed E-state index contributed by atoms with van der Waals surface area (Å²) in [6.07, 6.45) is -4.59. The van der Waals surface area contributed by atoms with Gasteiger partial charge in [0, 0.05) is 5.56 Å². The molecule has 0 fully saturated rings. The molecule has 0 radical (unpaired) electrons. The Balaban J connectivity index is 2.96. The molecule has 1 nitrogen and oxygen atoms in total. The number of carbonyl (C=O) groups excluding carboxylic acids is 1. The zero-order valence-corrected chi connectivity index (χ0v) is 8.31. The lowest BCUT2D eigenvalue weighted by Gasteiger charge is -2.02. The maximum Gasteiger partial charge on any atom is 0.442 e. The molecule has 0 aliphatic rings. The molecule has 0 bridgehead atoms. The van der Waals surface area contributed by atoms with Crippen LogP contribution >= 0.6 is 0 Å². The number of hydrogen-bond acceptors (Lipinski definition) is 1. The van der Waals surface area contributed by atoms with Gasteiger partial charge < -0.3 is 0 Å². The number of halogens is 4. The molecule has 0 aliphatic heterocycles. The van der Waals surface area contributed by atoms with E-state index in [0.29, 0.717) is 11.6 Å². The second-order valence-electron chi connectivity index (χ2n) is 3.17. The van der Waals surface area contributed by atoms with Crippen LogP contribution < -0.4 is 0 Å². The predicted octanol–water partition coefficient (Wildman–Crippen LogP) is 3.76. The molecule has 0 spiro atoms. The third-order valence-corrected chi connectivity index (χ3v) is 1.88. The molecule has 0 N–H and O–H groups in total. The molecule has 86 valence electrons. The summed E-state index contributed by atoms with van der Waals surface area (Å²) in [7, 11) is 0. The summed E-state index contributed by atoms with van der Waals surface area (Å²) >= 11 is 0. The molecule has 0 saturated heterocycles. The van der Waals surface area contributed by atoms with Crippen LogP contribution in [-0.2, 0) is 0 Å². The van der Waals surface area contributed by atoms with E-state index in [0.717, 1.165) is 0 Å². The van der Waals surface area contributed by atoms with Crippen molar-refractivity contribution in [3.05, 3.63) is 41.2 Å². The zero-order valence-electron chi connectivity index (χ0n) is 8.31. The normalized spacial score (nSPS) is 12.7. The van der Waals surface area contributed by atoms with Crippen molar-refractivity contribution in [1.82, 2.24) is 0 Å². The summed E-state index contributed by atoms with van der Waals surface area (Å²) in [5, 5.41) is 0. The van der Waals surface area contributed by atoms with E-state index in [9.17, 15) is 22.4 Å². The summed E-state index contributed by atoms with van der Waals surface area (Å²) in [5.41, 5.74) is 0.421. The van der Waals surface area contributed by atoms with Crippen LogP contribution in [0.25, 0.3) is 6.08 Å². The standard InChI is InChI=1S/C11H8F4O/c1-7(16)9-4-2-8(3-5-9)6-10(12)11(13,14)15/h2-6H,1H3/b10-6+. The second kappa shape index (κ2) is 4.47. The van der Waals surface area contributed by atoms with E-state index in [1.54, 1.807) is 0 Å². The first-order valence-corrected chi connectivity index (χ1v) is 4.36. The molecule has 5 heteroatoms. The van der Waals surface area contributed by atoms with Crippen LogP contribution in [0.3, 0.4) is 0 Å². The first-order chi connectivity index (χ1) is 7.30. The Kier molecular flexibility index (Phi) is 3.47. The van der Waals surface area contributed by atoms with Crippen molar-refractivity contribution < 1.29 is 22.4 Å². The minimum atomic E-state index is -4.97. The van der Waals surface area contributed by atoms with E-state index in [-0.39, 0.29) is 11.3 Å². The number of ketones is 1. The lowest BCUT2D eigenvalue weighted by Crippen LogP contribution is -2.07. The largest absolute Gasteiger partial charge is 0.442 e. The molecule has 1 aromatic rings. The Morgan fingerprint density at radius 3 is 2.06 bits per heavy atom. The van der Waals surface area contributed by atoms with Crippen LogP contribution in [0.4, 0.5) is 17.6 Å². The van der Waals surface area contributed by atoms with Crippen molar-refractivity contribution in [2.75, 3.05) is 0 Å². The van der Waals surface area contributed by atoms with Gasteiger partial charge in [0.25, 0.3) is 0 Å². The number of allylic oxidation sites excluding steroid dienone is 1. The van der Waals surface area contributed by atoms with E-state index in [2.05, 4.69) is 0 Å². The molecule has 0 heterocycles. The quantitative estimate of drug-likeness (QED) is 0.560. The lowest BCUT2D eigenvalue weighted by molar-refractivity contribution is -0.107. The summed E-state index contributed by atoms with van der Waals surface area (Å²) in [5.74, 6) is -2.37. The molecule has 1 rings (SSSR count). The average Bonchev–Trinajstić information content (AvgIpc) is 2.17. The van der Waals surface area contributed by atoms with Gasteiger partial charge in [-0.2, -0.15) is 13.2 Å². The third-order valence-electron chi connectivity index (χ3n) is 1.88. The highest BCUT2D eigenvalue weighted by Crippen LogP contribution is 2.28. The Hall–Kier alpha value is -1.65. The number of Topliss-reactive ketones (excluding diaryl/α,β-unsaturated/α-hetero) is 1. The summed E-state index contributed by atoms with van der Waals surface area (Å²) in [6, 6.07) is 5.19. The molecule has 0 aliphatic carbocycles. The summed E-state index contributed by atoms with van der Waals surface area (Å²) in [6.45, 7) is 1.33. The van der Waals surface area contributed by atoms with E-state index in [4.69, 9.17) is 0 Å². The molecule has 0 saturated carbocycles. The molecule has 16 heavy (non-hydrogen) atoms. The van der Waals surface area contributed by atoms with Gasteiger partial charge in [-0.3, -0.25) is 4.79 Å². The minimum Gasteiger partial charge on any atom is -0.295 e. The zero-order chi connectivity index (χ0) is 12.3. The van der Waals surface area contributed by atoms with Gasteiger partial charge in [-0.25, -0.2) is 4.39 Å². The van der Waals surface area contributed by atoms with Crippen LogP contribution in [0, 0.1) is 0 Å². The number of alkyl halides is 3. The van der Waals surface area contributed by atoms with Crippen molar-refractivity contribution >= 4 is 11.9 Å². The molecule has 0 amide bonds. The summed E-state index contributed by atoms with van der Waals surface area (Å²) in [4.78, 5) is 10.9. The van der Waals surface area contributed by atoms with Crippen LogP contribution in [0.15, 0.2) is 30.1 Å². The van der Waals surface area contributed by atoms with Crippen molar-refractivity contribution in [3.63, 3.8) is 0 Å². The van der Waals surface area contributed by atoms with Gasteiger partial charge in [-0.15, -0.1) is 0 Å². The molecular formula is C11H8F4O. The maximum atomic E-state index is 12.5. The number of carbonyl (C=O) groups is 1. The van der Waals surface area contributed by atoms with Crippen LogP contribution in [0.2, 0.25) is 0 Å². The lowest BCUT2D eigenvalue weighted by atomic mass is 10.1. The Bertz CT molecular complexity index is 415. The Morgan fingerprint density at radius 1 is 1.19 bits per heavy atom. The molecule has 0 aromatic heterocycles. The molecule has 1 aromatic carbocycles. The van der Waals surface area contributed by atoms with Gasteiger partial charge in [0.05, 0.1) is 0 Å². The fraction of sp³-hybridized carbons (Fsp3) is 0.182.